The number of hydrogen-bond donors (Lipinski definition) is 2. The molecule has 0 amide bonds. The fourth-order valence-corrected chi connectivity index (χ4v) is 8.05. The third kappa shape index (κ3) is 9.86. The Hall–Kier alpha value is 0.0669. The topological polar surface area (TPSA) is 84.9 Å². The highest BCUT2D eigenvalue weighted by atomic mass is 127. The lowest BCUT2D eigenvalue weighted by molar-refractivity contribution is -0.138. The van der Waals surface area contributed by atoms with Crippen molar-refractivity contribution >= 4 is 87.8 Å². The Labute approximate surface area is 271 Å². The molecule has 1 aromatic rings. The molecule has 38 heavy (non-hydrogen) atoms. The molecule has 1 aromatic carbocycles. The van der Waals surface area contributed by atoms with Crippen LogP contribution >= 0.6 is 67.8 Å². The number of Topliss-reactive ketones (excluding diaryl/α,β-unsaturated/α-hetero) is 1. The number of esters is 1. The highest BCUT2D eigenvalue weighted by Crippen LogP contribution is 2.41. The van der Waals surface area contributed by atoms with Crippen molar-refractivity contribution in [2.75, 3.05) is 6.61 Å². The number of alkyl halides is 1. The second-order valence-corrected chi connectivity index (χ2v) is 19.5. The molecule has 0 bridgehead atoms. The van der Waals surface area contributed by atoms with Crippen molar-refractivity contribution < 1.29 is 23.9 Å². The predicted molar refractivity (Wildman–Crippen MR) is 184 cm³/mol. The number of benzene rings is 1. The zero-order valence-electron chi connectivity index (χ0n) is 24.4. The van der Waals surface area contributed by atoms with Crippen molar-refractivity contribution in [3.05, 3.63) is 36.1 Å². The van der Waals surface area contributed by atoms with E-state index < -0.39 is 14.3 Å². The molecule has 0 saturated heterocycles. The number of ketones is 1. The summed E-state index contributed by atoms with van der Waals surface area (Å²) in [5.74, 6) is -0.254. The third-order valence-electron chi connectivity index (χ3n) is 6.94. The van der Waals surface area contributed by atoms with Crippen LogP contribution in [0.5, 0.6) is 5.75 Å². The van der Waals surface area contributed by atoms with Gasteiger partial charge in [-0.05, 0) is 114 Å². The number of hydrogen-bond acceptors (Lipinski definition) is 6. The van der Waals surface area contributed by atoms with E-state index in [2.05, 4.69) is 108 Å². The Bertz CT molecular complexity index is 1030. The predicted octanol–water partition coefficient (Wildman–Crippen LogP) is 8.01. The molecule has 216 valence electrons. The Balaban J connectivity index is 3.52. The standard InChI is InChI=1S/C28H44I3NO5Si/c1-11-36-26(34)20(16-32-22(27(4,5)6)12-13-28(7,8)38(9,10)35)24(33)18-14-21(30)25(37-17(2)3)23(31)19(18)15-29/h14,16-17,22,32,35H,11-13,15H2,1-10H3/t22-/m1/s1. The summed E-state index contributed by atoms with van der Waals surface area (Å²) >= 11 is 6.65. The molecule has 10 heteroatoms. The maximum absolute atomic E-state index is 13.9. The van der Waals surface area contributed by atoms with Gasteiger partial charge in [0, 0.05) is 22.2 Å². The van der Waals surface area contributed by atoms with Crippen LogP contribution in [-0.2, 0) is 14.0 Å². The molecule has 0 aliphatic heterocycles. The molecule has 0 heterocycles. The van der Waals surface area contributed by atoms with E-state index in [0.29, 0.717) is 9.99 Å². The van der Waals surface area contributed by atoms with Crippen LogP contribution in [0.15, 0.2) is 17.8 Å². The van der Waals surface area contributed by atoms with Crippen LogP contribution in [0.4, 0.5) is 0 Å². The highest BCUT2D eigenvalue weighted by molar-refractivity contribution is 14.1. The van der Waals surface area contributed by atoms with Gasteiger partial charge in [0.05, 0.1) is 19.9 Å². The Kier molecular flexibility index (Phi) is 14.1. The summed E-state index contributed by atoms with van der Waals surface area (Å²) in [6.07, 6.45) is 3.14. The zero-order valence-corrected chi connectivity index (χ0v) is 31.8. The summed E-state index contributed by atoms with van der Waals surface area (Å²) in [4.78, 5) is 37.7. The molecule has 1 rings (SSSR count). The largest absolute Gasteiger partial charge is 0.489 e. The van der Waals surface area contributed by atoms with Gasteiger partial charge in [-0.3, -0.25) is 4.79 Å². The number of carbonyl (C=O) groups is 2. The number of carbonyl (C=O) groups excluding carboxylic acids is 2. The molecule has 2 N–H and O–H groups in total. The van der Waals surface area contributed by atoms with Crippen LogP contribution in [0.3, 0.4) is 0 Å². The molecule has 1 atom stereocenters. The maximum atomic E-state index is 13.9. The third-order valence-corrected chi connectivity index (χ3v) is 13.2. The van der Waals surface area contributed by atoms with E-state index in [1.807, 2.05) is 33.0 Å². The normalized spacial score (nSPS) is 13.9. The summed E-state index contributed by atoms with van der Waals surface area (Å²) in [5.41, 5.74) is 1.15. The Morgan fingerprint density at radius 2 is 1.74 bits per heavy atom. The van der Waals surface area contributed by atoms with Crippen LogP contribution in [0.1, 0.15) is 84.2 Å². The molecular formula is C28H44I3NO5Si. The van der Waals surface area contributed by atoms with Gasteiger partial charge >= 0.3 is 5.97 Å². The van der Waals surface area contributed by atoms with Crippen molar-refractivity contribution in [3.8, 4) is 5.75 Å². The van der Waals surface area contributed by atoms with Crippen LogP contribution < -0.4 is 10.1 Å². The smallest absolute Gasteiger partial charge is 0.343 e. The number of rotatable bonds is 13. The summed E-state index contributed by atoms with van der Waals surface area (Å²) < 4.78 is 13.6. The van der Waals surface area contributed by atoms with Crippen molar-refractivity contribution in [1.29, 1.82) is 0 Å². The second kappa shape index (κ2) is 14.8. The second-order valence-electron chi connectivity index (χ2n) is 12.0. The van der Waals surface area contributed by atoms with E-state index in [9.17, 15) is 14.4 Å². The minimum Gasteiger partial charge on any atom is -0.489 e. The number of ether oxygens (including phenoxy) is 2. The molecule has 0 aliphatic rings. The van der Waals surface area contributed by atoms with Crippen molar-refractivity contribution in [2.45, 2.75) is 103 Å². The van der Waals surface area contributed by atoms with Crippen LogP contribution in [0, 0.1) is 12.6 Å². The van der Waals surface area contributed by atoms with E-state index >= 15 is 0 Å². The number of nitrogens with one attached hydrogen (secondary N) is 1. The summed E-state index contributed by atoms with van der Waals surface area (Å²) in [5, 5.41) is 3.22. The van der Waals surface area contributed by atoms with E-state index in [0.717, 1.165) is 31.3 Å². The molecule has 6 nitrogen and oxygen atoms in total. The SMILES string of the molecule is CCOC(=O)C(=CN[C@H](CCC(C)(C)[Si](C)(C)O)C(C)(C)C)C(=O)c1cc(I)c(OC(C)C)c(I)c1CI. The van der Waals surface area contributed by atoms with E-state index in [4.69, 9.17) is 9.47 Å². The number of halogens is 3. The fraction of sp³-hybridized carbons (Fsp3) is 0.643. The minimum absolute atomic E-state index is 0.00165. The van der Waals surface area contributed by atoms with Gasteiger partial charge in [-0.15, -0.1) is 0 Å². The quantitative estimate of drug-likeness (QED) is 0.0306. The van der Waals surface area contributed by atoms with Crippen LogP contribution in [0.2, 0.25) is 18.1 Å². The monoisotopic (exact) mass is 883 g/mol. The Morgan fingerprint density at radius 3 is 2.18 bits per heavy atom. The first kappa shape index (κ1) is 36.1. The van der Waals surface area contributed by atoms with E-state index in [1.165, 1.54) is 0 Å². The first-order chi connectivity index (χ1) is 17.3. The van der Waals surface area contributed by atoms with Gasteiger partial charge in [-0.1, -0.05) is 57.2 Å². The van der Waals surface area contributed by atoms with Crippen molar-refractivity contribution in [3.63, 3.8) is 0 Å². The molecule has 0 aromatic heterocycles. The van der Waals surface area contributed by atoms with Gasteiger partial charge in [0.2, 0.25) is 5.78 Å². The maximum Gasteiger partial charge on any atom is 0.343 e. The van der Waals surface area contributed by atoms with Crippen LogP contribution in [0.25, 0.3) is 0 Å². The Morgan fingerprint density at radius 1 is 1.16 bits per heavy atom. The van der Waals surface area contributed by atoms with Gasteiger partial charge in [0.15, 0.2) is 8.32 Å². The lowest BCUT2D eigenvalue weighted by Gasteiger charge is -2.38. The average molecular weight is 883 g/mol. The fourth-order valence-electron chi connectivity index (χ4n) is 3.65. The zero-order chi connectivity index (χ0) is 29.6. The molecule has 0 fully saturated rings. The van der Waals surface area contributed by atoms with Gasteiger partial charge < -0.3 is 19.6 Å². The summed E-state index contributed by atoms with van der Waals surface area (Å²) in [7, 11) is -2.37. The first-order valence-electron chi connectivity index (χ1n) is 12.9. The summed E-state index contributed by atoms with van der Waals surface area (Å²) in [6, 6.07) is 1.78. The highest BCUT2D eigenvalue weighted by Gasteiger charge is 2.39. The van der Waals surface area contributed by atoms with Crippen LogP contribution in [-0.4, -0.2) is 43.6 Å². The lowest BCUT2D eigenvalue weighted by Crippen LogP contribution is -2.43. The molecule has 0 unspecified atom stereocenters. The van der Waals surface area contributed by atoms with Gasteiger partial charge in [0.25, 0.3) is 0 Å². The molecule has 0 aliphatic carbocycles. The van der Waals surface area contributed by atoms with Gasteiger partial charge in [0.1, 0.15) is 11.3 Å². The van der Waals surface area contributed by atoms with E-state index in [1.54, 1.807) is 13.1 Å². The van der Waals surface area contributed by atoms with Crippen molar-refractivity contribution in [1.82, 2.24) is 5.32 Å². The molecule has 0 spiro atoms. The minimum atomic E-state index is -2.37. The molecular weight excluding hydrogens is 839 g/mol. The molecule has 0 saturated carbocycles. The lowest BCUT2D eigenvalue weighted by atomic mass is 9.82. The van der Waals surface area contributed by atoms with E-state index in [-0.39, 0.29) is 40.6 Å². The van der Waals surface area contributed by atoms with Crippen molar-refractivity contribution in [2.24, 2.45) is 5.41 Å². The van der Waals surface area contributed by atoms with Gasteiger partial charge in [-0.25, -0.2) is 4.79 Å². The van der Waals surface area contributed by atoms with Gasteiger partial charge in [-0.2, -0.15) is 0 Å². The molecule has 0 radical (unpaired) electrons. The first-order valence-corrected chi connectivity index (χ1v) is 19.5. The summed E-state index contributed by atoms with van der Waals surface area (Å²) in [6.45, 7) is 20.4. The average Bonchev–Trinajstić information content (AvgIpc) is 2.76.